The fourth-order valence-electron chi connectivity index (χ4n) is 3.14. The second kappa shape index (κ2) is 7.96. The highest BCUT2D eigenvalue weighted by atomic mass is 16.5. The molecule has 1 atom stereocenters. The molecule has 25 heavy (non-hydrogen) atoms. The lowest BCUT2D eigenvalue weighted by Gasteiger charge is -2.16. The molecule has 3 heteroatoms. The van der Waals surface area contributed by atoms with Crippen LogP contribution in [0.3, 0.4) is 0 Å². The molecule has 3 rings (SSSR count). The van der Waals surface area contributed by atoms with E-state index in [1.54, 1.807) is 6.07 Å². The van der Waals surface area contributed by atoms with Crippen LogP contribution in [0.25, 0.3) is 0 Å². The molecular formula is C22H22O3. The van der Waals surface area contributed by atoms with E-state index in [0.29, 0.717) is 12.0 Å². The van der Waals surface area contributed by atoms with Crippen molar-refractivity contribution in [2.45, 2.75) is 32.6 Å². The van der Waals surface area contributed by atoms with Gasteiger partial charge in [0.05, 0.1) is 12.5 Å². The first-order valence-corrected chi connectivity index (χ1v) is 8.71. The molecule has 3 nitrogen and oxygen atoms in total. The normalized spacial score (nSPS) is 20.2. The van der Waals surface area contributed by atoms with Gasteiger partial charge in [-0.3, -0.25) is 9.59 Å². The van der Waals surface area contributed by atoms with E-state index in [9.17, 15) is 9.59 Å². The Hall–Kier alpha value is -2.64. The number of Topliss-reactive ketones (excluding diaryl/α,β-unsaturated/α-hetero) is 2. The van der Waals surface area contributed by atoms with Gasteiger partial charge in [0.15, 0.2) is 5.78 Å². The van der Waals surface area contributed by atoms with Crippen molar-refractivity contribution < 1.29 is 14.3 Å². The highest BCUT2D eigenvalue weighted by Gasteiger charge is 2.25. The SMILES string of the molecule is Cc1cccc(C(=O)C[C@H]2COC3=CC=C=CC=C3CCCC2=O)c1. The van der Waals surface area contributed by atoms with E-state index in [-0.39, 0.29) is 24.6 Å². The molecular weight excluding hydrogens is 312 g/mol. The molecule has 0 amide bonds. The minimum atomic E-state index is -0.395. The van der Waals surface area contributed by atoms with E-state index in [2.05, 4.69) is 5.73 Å². The maximum Gasteiger partial charge on any atom is 0.163 e. The topological polar surface area (TPSA) is 43.4 Å². The number of ether oxygens (including phenoxy) is 1. The van der Waals surface area contributed by atoms with E-state index in [1.165, 1.54) is 0 Å². The zero-order chi connectivity index (χ0) is 17.6. The van der Waals surface area contributed by atoms with Crippen molar-refractivity contribution in [3.63, 3.8) is 0 Å². The summed E-state index contributed by atoms with van der Waals surface area (Å²) in [5.74, 6) is 0.499. The first-order chi connectivity index (χ1) is 12.1. The second-order valence-electron chi connectivity index (χ2n) is 6.55. The molecule has 1 aliphatic carbocycles. The quantitative estimate of drug-likeness (QED) is 0.604. The Morgan fingerprint density at radius 2 is 2.08 bits per heavy atom. The number of ketones is 2. The number of carbonyl (C=O) groups excluding carboxylic acids is 2. The van der Waals surface area contributed by atoms with Crippen LogP contribution in [-0.4, -0.2) is 18.2 Å². The van der Waals surface area contributed by atoms with Gasteiger partial charge in [0.25, 0.3) is 0 Å². The van der Waals surface area contributed by atoms with Gasteiger partial charge in [0, 0.05) is 18.4 Å². The zero-order valence-electron chi connectivity index (χ0n) is 14.5. The lowest BCUT2D eigenvalue weighted by Crippen LogP contribution is -2.23. The fourth-order valence-corrected chi connectivity index (χ4v) is 3.14. The Morgan fingerprint density at radius 1 is 1.24 bits per heavy atom. The van der Waals surface area contributed by atoms with Crippen LogP contribution in [0.15, 0.2) is 65.6 Å². The molecule has 1 saturated heterocycles. The van der Waals surface area contributed by atoms with Gasteiger partial charge in [0.2, 0.25) is 0 Å². The maximum atomic E-state index is 12.6. The molecule has 2 aliphatic rings. The van der Waals surface area contributed by atoms with Crippen LogP contribution >= 0.6 is 0 Å². The van der Waals surface area contributed by atoms with Gasteiger partial charge in [0.1, 0.15) is 11.5 Å². The highest BCUT2D eigenvalue weighted by Crippen LogP contribution is 2.26. The number of allylic oxidation sites excluding steroid dienone is 4. The summed E-state index contributed by atoms with van der Waals surface area (Å²) in [6, 6.07) is 7.50. The van der Waals surface area contributed by atoms with Crippen molar-refractivity contribution in [1.29, 1.82) is 0 Å². The summed E-state index contributed by atoms with van der Waals surface area (Å²) in [5, 5.41) is 0. The summed E-state index contributed by atoms with van der Waals surface area (Å²) < 4.78 is 5.92. The van der Waals surface area contributed by atoms with Crippen molar-refractivity contribution in [3.05, 3.63) is 76.8 Å². The lowest BCUT2D eigenvalue weighted by atomic mass is 9.92. The van der Waals surface area contributed by atoms with E-state index in [0.717, 1.165) is 29.7 Å². The second-order valence-corrected chi connectivity index (χ2v) is 6.55. The molecule has 1 fully saturated rings. The van der Waals surface area contributed by atoms with Crippen LogP contribution < -0.4 is 0 Å². The number of fused-ring (bicyclic) bond motifs is 1. The van der Waals surface area contributed by atoms with Crippen molar-refractivity contribution in [2.24, 2.45) is 5.92 Å². The van der Waals surface area contributed by atoms with Gasteiger partial charge >= 0.3 is 0 Å². The summed E-state index contributed by atoms with van der Waals surface area (Å²) in [7, 11) is 0. The Morgan fingerprint density at radius 3 is 2.92 bits per heavy atom. The van der Waals surface area contributed by atoms with Crippen molar-refractivity contribution >= 4 is 11.6 Å². The van der Waals surface area contributed by atoms with Gasteiger partial charge < -0.3 is 4.74 Å². The van der Waals surface area contributed by atoms with Gasteiger partial charge in [-0.05, 0) is 55.7 Å². The molecule has 0 unspecified atom stereocenters. The van der Waals surface area contributed by atoms with Gasteiger partial charge in [-0.1, -0.05) is 23.8 Å². The van der Waals surface area contributed by atoms with E-state index >= 15 is 0 Å². The predicted octanol–water partition coefficient (Wildman–Crippen LogP) is 4.49. The third-order valence-electron chi connectivity index (χ3n) is 4.56. The summed E-state index contributed by atoms with van der Waals surface area (Å²) in [5.41, 5.74) is 5.82. The number of rotatable bonds is 3. The molecule has 0 aromatic heterocycles. The van der Waals surface area contributed by atoms with Crippen LogP contribution in [0.4, 0.5) is 0 Å². The zero-order valence-corrected chi connectivity index (χ0v) is 14.5. The van der Waals surface area contributed by atoms with Crippen LogP contribution in [-0.2, 0) is 9.53 Å². The minimum absolute atomic E-state index is 0.00271. The summed E-state index contributed by atoms with van der Waals surface area (Å²) in [6.07, 6.45) is 9.78. The standard InChI is InChI=1S/C22H22O3/c1-16-7-5-10-18(13-16)21(24)14-19-15-25-22-12-4-2-3-8-17(22)9-6-11-20(19)23/h3-5,7-8,10,12-13,19H,6,9,11,14-15H2,1H3/t19-/m0/s1. The molecule has 0 saturated carbocycles. The van der Waals surface area contributed by atoms with Crippen LogP contribution in [0.5, 0.6) is 0 Å². The van der Waals surface area contributed by atoms with Crippen molar-refractivity contribution in [3.8, 4) is 0 Å². The first-order valence-electron chi connectivity index (χ1n) is 8.71. The number of aryl methyl sites for hydroxylation is 1. The maximum absolute atomic E-state index is 12.6. The summed E-state index contributed by atoms with van der Waals surface area (Å²) >= 11 is 0. The number of hydrogen-bond acceptors (Lipinski definition) is 3. The lowest BCUT2D eigenvalue weighted by molar-refractivity contribution is -0.124. The van der Waals surface area contributed by atoms with Crippen LogP contribution in [0.2, 0.25) is 0 Å². The predicted molar refractivity (Wildman–Crippen MR) is 97.2 cm³/mol. The molecule has 128 valence electrons. The minimum Gasteiger partial charge on any atom is -0.493 e. The molecule has 1 aromatic carbocycles. The van der Waals surface area contributed by atoms with E-state index < -0.39 is 5.92 Å². The molecule has 1 aliphatic heterocycles. The van der Waals surface area contributed by atoms with Crippen molar-refractivity contribution in [1.82, 2.24) is 0 Å². The van der Waals surface area contributed by atoms with Crippen LogP contribution in [0, 0.1) is 12.8 Å². The third-order valence-corrected chi connectivity index (χ3v) is 4.56. The monoisotopic (exact) mass is 334 g/mol. The number of hydrogen-bond donors (Lipinski definition) is 0. The summed E-state index contributed by atoms with van der Waals surface area (Å²) in [6.45, 7) is 2.20. The Bertz CT molecular complexity index is 804. The van der Waals surface area contributed by atoms with Gasteiger partial charge in [-0.25, -0.2) is 0 Å². The molecule has 0 N–H and O–H groups in total. The Labute approximate surface area is 148 Å². The summed E-state index contributed by atoms with van der Waals surface area (Å²) in [4.78, 5) is 25.1. The molecule has 1 heterocycles. The Kier molecular flexibility index (Phi) is 5.47. The van der Waals surface area contributed by atoms with E-state index in [1.807, 2.05) is 49.4 Å². The van der Waals surface area contributed by atoms with Gasteiger partial charge in [-0.2, -0.15) is 0 Å². The highest BCUT2D eigenvalue weighted by molar-refractivity contribution is 5.99. The Balaban J connectivity index is 1.74. The molecule has 0 radical (unpaired) electrons. The van der Waals surface area contributed by atoms with Crippen LogP contribution in [0.1, 0.15) is 41.6 Å². The van der Waals surface area contributed by atoms with Gasteiger partial charge in [-0.15, -0.1) is 5.73 Å². The number of benzene rings is 1. The fraction of sp³-hybridized carbons (Fsp3) is 0.318. The average Bonchev–Trinajstić information content (AvgIpc) is 2.79. The number of carbonyl (C=O) groups is 2. The smallest absolute Gasteiger partial charge is 0.163 e. The molecule has 0 bridgehead atoms. The molecule has 1 aromatic rings. The largest absolute Gasteiger partial charge is 0.493 e. The van der Waals surface area contributed by atoms with E-state index in [4.69, 9.17) is 4.74 Å². The van der Waals surface area contributed by atoms with Crippen molar-refractivity contribution in [2.75, 3.05) is 6.61 Å². The average molecular weight is 334 g/mol. The molecule has 0 spiro atoms. The third kappa shape index (κ3) is 4.46. The first kappa shape index (κ1) is 17.2.